The number of amides is 1. The van der Waals surface area contributed by atoms with Gasteiger partial charge in [-0.3, -0.25) is 4.79 Å². The van der Waals surface area contributed by atoms with E-state index in [1.165, 1.54) is 0 Å². The van der Waals surface area contributed by atoms with Gasteiger partial charge in [0.2, 0.25) is 5.91 Å². The second-order valence-corrected chi connectivity index (χ2v) is 5.22. The zero-order chi connectivity index (χ0) is 12.2. The highest BCUT2D eigenvalue weighted by Gasteiger charge is 2.39. The molecule has 4 heteroatoms. The predicted molar refractivity (Wildman–Crippen MR) is 74.3 cm³/mol. The Morgan fingerprint density at radius 3 is 2.29 bits per heavy atom. The molecule has 1 fully saturated rings. The summed E-state index contributed by atoms with van der Waals surface area (Å²) in [5.74, 6) is 0.738. The van der Waals surface area contributed by atoms with Gasteiger partial charge in [0.15, 0.2) is 0 Å². The zero-order valence-corrected chi connectivity index (χ0v) is 12.2. The second kappa shape index (κ2) is 7.22. The maximum absolute atomic E-state index is 12.4. The normalized spacial score (nSPS) is 19.5. The second-order valence-electron chi connectivity index (χ2n) is 5.22. The van der Waals surface area contributed by atoms with Crippen LogP contribution in [0.4, 0.5) is 0 Å². The van der Waals surface area contributed by atoms with E-state index in [9.17, 15) is 4.79 Å². The minimum atomic E-state index is -0.552. The first-order chi connectivity index (χ1) is 7.53. The summed E-state index contributed by atoms with van der Waals surface area (Å²) in [6.07, 6.45) is 5.04. The maximum Gasteiger partial charge on any atom is 0.242 e. The van der Waals surface area contributed by atoms with Crippen molar-refractivity contribution < 1.29 is 4.79 Å². The number of nitrogens with zero attached hydrogens (tertiary/aromatic N) is 1. The molecule has 1 amide bonds. The van der Waals surface area contributed by atoms with Crippen LogP contribution in [0.25, 0.3) is 0 Å². The van der Waals surface area contributed by atoms with Crippen LogP contribution in [0.1, 0.15) is 52.9 Å². The molecule has 17 heavy (non-hydrogen) atoms. The molecule has 102 valence electrons. The first kappa shape index (κ1) is 16.7. The number of halogens is 1. The molecule has 0 bridgehead atoms. The summed E-state index contributed by atoms with van der Waals surface area (Å²) in [5.41, 5.74) is 5.65. The smallest absolute Gasteiger partial charge is 0.242 e. The Balaban J connectivity index is 0.00000256. The minimum Gasteiger partial charge on any atom is -0.341 e. The van der Waals surface area contributed by atoms with Gasteiger partial charge in [0.25, 0.3) is 0 Å². The van der Waals surface area contributed by atoms with E-state index >= 15 is 0 Å². The lowest BCUT2D eigenvalue weighted by Crippen LogP contribution is -2.54. The van der Waals surface area contributed by atoms with Gasteiger partial charge in [-0.2, -0.15) is 0 Å². The van der Waals surface area contributed by atoms with E-state index in [2.05, 4.69) is 13.8 Å². The number of carbonyl (C=O) groups is 1. The van der Waals surface area contributed by atoms with Crippen LogP contribution < -0.4 is 5.73 Å². The van der Waals surface area contributed by atoms with E-state index in [1.807, 2.05) is 11.8 Å². The molecular formula is C13H27ClN2O. The topological polar surface area (TPSA) is 46.3 Å². The molecule has 1 rings (SSSR count). The van der Waals surface area contributed by atoms with Crippen LogP contribution in [-0.4, -0.2) is 29.4 Å². The van der Waals surface area contributed by atoms with Crippen LogP contribution in [0.5, 0.6) is 0 Å². The van der Waals surface area contributed by atoms with E-state index in [-0.39, 0.29) is 18.3 Å². The van der Waals surface area contributed by atoms with E-state index in [0.29, 0.717) is 5.92 Å². The monoisotopic (exact) mass is 262 g/mol. The molecule has 2 N–H and O–H groups in total. The van der Waals surface area contributed by atoms with Crippen molar-refractivity contribution in [3.8, 4) is 0 Å². The largest absolute Gasteiger partial charge is 0.341 e. The predicted octanol–water partition coefficient (Wildman–Crippen LogP) is 2.57. The molecule has 1 unspecified atom stereocenters. The Kier molecular flexibility index (Phi) is 7.10. The lowest BCUT2D eigenvalue weighted by Gasteiger charge is -2.32. The van der Waals surface area contributed by atoms with Crippen LogP contribution in [0.15, 0.2) is 0 Å². The number of likely N-dealkylation sites (N-methyl/N-ethyl adjacent to an activating group) is 1. The Labute approximate surface area is 112 Å². The zero-order valence-electron chi connectivity index (χ0n) is 11.4. The quantitative estimate of drug-likeness (QED) is 0.828. The van der Waals surface area contributed by atoms with Gasteiger partial charge >= 0.3 is 0 Å². The number of rotatable bonds is 5. The molecule has 0 aliphatic heterocycles. The van der Waals surface area contributed by atoms with Gasteiger partial charge in [0.1, 0.15) is 0 Å². The fraction of sp³-hybridized carbons (Fsp3) is 0.923. The minimum absolute atomic E-state index is 0. The standard InChI is InChI=1S/C13H26N2O.ClH/c1-4-11(3)10-15(5-2)12(16)13(14)8-6-7-9-13;/h11H,4-10,14H2,1-3H3;1H. The third-order valence-corrected chi connectivity index (χ3v) is 3.82. The van der Waals surface area contributed by atoms with Crippen molar-refractivity contribution in [3.05, 3.63) is 0 Å². The number of nitrogens with two attached hydrogens (primary N) is 1. The van der Waals surface area contributed by atoms with Crippen molar-refractivity contribution >= 4 is 18.3 Å². The van der Waals surface area contributed by atoms with Gasteiger partial charge in [-0.15, -0.1) is 12.4 Å². The summed E-state index contributed by atoms with van der Waals surface area (Å²) < 4.78 is 0. The summed E-state index contributed by atoms with van der Waals surface area (Å²) in [6, 6.07) is 0. The molecule has 1 aliphatic rings. The van der Waals surface area contributed by atoms with Crippen molar-refractivity contribution in [3.63, 3.8) is 0 Å². The average molecular weight is 263 g/mol. The van der Waals surface area contributed by atoms with Crippen molar-refractivity contribution in [2.75, 3.05) is 13.1 Å². The molecule has 3 nitrogen and oxygen atoms in total. The molecule has 0 aromatic heterocycles. The van der Waals surface area contributed by atoms with Gasteiger partial charge in [-0.25, -0.2) is 0 Å². The fourth-order valence-corrected chi connectivity index (χ4v) is 2.40. The Morgan fingerprint density at radius 1 is 1.35 bits per heavy atom. The van der Waals surface area contributed by atoms with E-state index in [1.54, 1.807) is 0 Å². The third-order valence-electron chi connectivity index (χ3n) is 3.82. The Bertz CT molecular complexity index is 240. The summed E-state index contributed by atoms with van der Waals surface area (Å²) >= 11 is 0. The molecule has 0 aromatic carbocycles. The highest BCUT2D eigenvalue weighted by atomic mass is 35.5. The number of hydrogen-bond donors (Lipinski definition) is 1. The summed E-state index contributed by atoms with van der Waals surface area (Å²) in [4.78, 5) is 14.3. The van der Waals surface area contributed by atoms with Crippen LogP contribution in [-0.2, 0) is 4.79 Å². The fourth-order valence-electron chi connectivity index (χ4n) is 2.40. The van der Waals surface area contributed by atoms with Gasteiger partial charge in [0.05, 0.1) is 5.54 Å². The highest BCUT2D eigenvalue weighted by Crippen LogP contribution is 2.29. The molecule has 1 saturated carbocycles. The molecule has 0 aromatic rings. The van der Waals surface area contributed by atoms with Crippen LogP contribution in [0.2, 0.25) is 0 Å². The number of hydrogen-bond acceptors (Lipinski definition) is 2. The van der Waals surface area contributed by atoms with Crippen molar-refractivity contribution in [2.24, 2.45) is 11.7 Å². The Morgan fingerprint density at radius 2 is 1.88 bits per heavy atom. The molecule has 1 atom stereocenters. The summed E-state index contributed by atoms with van der Waals surface area (Å²) in [7, 11) is 0. The third kappa shape index (κ3) is 4.14. The van der Waals surface area contributed by atoms with Gasteiger partial charge in [-0.1, -0.05) is 33.1 Å². The number of carbonyl (C=O) groups excluding carboxylic acids is 1. The van der Waals surface area contributed by atoms with Crippen LogP contribution in [0.3, 0.4) is 0 Å². The van der Waals surface area contributed by atoms with Crippen LogP contribution in [0, 0.1) is 5.92 Å². The highest BCUT2D eigenvalue weighted by molar-refractivity contribution is 5.86. The first-order valence-electron chi connectivity index (χ1n) is 6.61. The molecule has 0 radical (unpaired) electrons. The van der Waals surface area contributed by atoms with Crippen LogP contribution >= 0.6 is 12.4 Å². The first-order valence-corrected chi connectivity index (χ1v) is 6.61. The summed E-state index contributed by atoms with van der Waals surface area (Å²) in [6.45, 7) is 8.02. The van der Waals surface area contributed by atoms with Gasteiger partial charge in [0, 0.05) is 13.1 Å². The Hall–Kier alpha value is -0.280. The van der Waals surface area contributed by atoms with Crippen molar-refractivity contribution in [2.45, 2.75) is 58.4 Å². The molecule has 0 saturated heterocycles. The lowest BCUT2D eigenvalue weighted by atomic mass is 9.96. The van der Waals surface area contributed by atoms with E-state index < -0.39 is 5.54 Å². The van der Waals surface area contributed by atoms with Gasteiger partial charge in [-0.05, 0) is 25.7 Å². The SMILES string of the molecule is CCC(C)CN(CC)C(=O)C1(N)CCCC1.Cl. The summed E-state index contributed by atoms with van der Waals surface area (Å²) in [5, 5.41) is 0. The van der Waals surface area contributed by atoms with Crippen molar-refractivity contribution in [1.29, 1.82) is 0 Å². The molecule has 0 spiro atoms. The molecule has 1 aliphatic carbocycles. The maximum atomic E-state index is 12.4. The van der Waals surface area contributed by atoms with E-state index in [4.69, 9.17) is 5.73 Å². The average Bonchev–Trinajstić information content (AvgIpc) is 2.73. The lowest BCUT2D eigenvalue weighted by molar-refractivity contribution is -0.137. The van der Waals surface area contributed by atoms with E-state index in [0.717, 1.165) is 45.2 Å². The molecule has 0 heterocycles. The van der Waals surface area contributed by atoms with Gasteiger partial charge < -0.3 is 10.6 Å². The molecular weight excluding hydrogens is 236 g/mol. The van der Waals surface area contributed by atoms with Crippen molar-refractivity contribution in [1.82, 2.24) is 4.90 Å².